The molecule has 3 heterocycles. The molecule has 4 rings (SSSR count). The number of piperazine rings is 1. The first-order chi connectivity index (χ1) is 15.5. The van der Waals surface area contributed by atoms with Crippen LogP contribution in [0.25, 0.3) is 0 Å². The van der Waals surface area contributed by atoms with Crippen LogP contribution in [0, 0.1) is 0 Å². The number of fused-ring (bicyclic) bond motifs is 1. The molecule has 1 aromatic heterocycles. The Morgan fingerprint density at radius 1 is 1.25 bits per heavy atom. The Hall–Kier alpha value is -2.90. The molecule has 168 valence electrons. The molecule has 0 saturated carbocycles. The second-order valence-electron chi connectivity index (χ2n) is 8.21. The second-order valence-corrected chi connectivity index (χ2v) is 8.64. The zero-order valence-corrected chi connectivity index (χ0v) is 18.9. The molecule has 1 aromatic carbocycles. The van der Waals surface area contributed by atoms with Crippen molar-refractivity contribution in [2.24, 2.45) is 0 Å². The van der Waals surface area contributed by atoms with Gasteiger partial charge in [-0.25, -0.2) is 5.43 Å². The van der Waals surface area contributed by atoms with Gasteiger partial charge in [0.15, 0.2) is 0 Å². The second kappa shape index (κ2) is 10.1. The normalized spacial score (nSPS) is 20.2. The summed E-state index contributed by atoms with van der Waals surface area (Å²) in [7, 11) is 0. The molecule has 1 saturated heterocycles. The van der Waals surface area contributed by atoms with E-state index in [1.165, 1.54) is 0 Å². The van der Waals surface area contributed by atoms with Crippen LogP contribution in [0.3, 0.4) is 0 Å². The molecule has 2 aliphatic heterocycles. The Labute approximate surface area is 193 Å². The van der Waals surface area contributed by atoms with Crippen molar-refractivity contribution in [2.75, 3.05) is 18.4 Å². The lowest BCUT2D eigenvalue weighted by Crippen LogP contribution is -2.57. The van der Waals surface area contributed by atoms with Crippen molar-refractivity contribution in [3.05, 3.63) is 71.2 Å². The fourth-order valence-corrected chi connectivity index (χ4v) is 4.32. The predicted octanol–water partition coefficient (Wildman–Crippen LogP) is 3.91. The Bertz CT molecular complexity index is 980. The number of unbranched alkanes of at least 4 members (excludes halogenated alkanes) is 2. The Balaban J connectivity index is 1.51. The highest BCUT2D eigenvalue weighted by molar-refractivity contribution is 6.30. The van der Waals surface area contributed by atoms with Gasteiger partial charge in [-0.3, -0.25) is 19.6 Å². The minimum absolute atomic E-state index is 0.00873. The molecule has 2 aromatic rings. The summed E-state index contributed by atoms with van der Waals surface area (Å²) in [4.78, 5) is 31.5. The van der Waals surface area contributed by atoms with Gasteiger partial charge in [0.05, 0.1) is 24.0 Å². The number of rotatable bonds is 8. The molecule has 0 spiro atoms. The number of hydrazine groups is 1. The van der Waals surface area contributed by atoms with Gasteiger partial charge in [0.25, 0.3) is 5.91 Å². The van der Waals surface area contributed by atoms with E-state index in [9.17, 15) is 9.59 Å². The van der Waals surface area contributed by atoms with Gasteiger partial charge < -0.3 is 10.2 Å². The average molecular weight is 454 g/mol. The molecule has 0 radical (unpaired) electrons. The number of nitrogens with one attached hydrogen (secondary N) is 2. The zero-order valence-electron chi connectivity index (χ0n) is 18.1. The first kappa shape index (κ1) is 22.3. The average Bonchev–Trinajstić information content (AvgIpc) is 3.24. The van der Waals surface area contributed by atoms with Gasteiger partial charge in [0, 0.05) is 17.8 Å². The lowest BCUT2D eigenvalue weighted by molar-refractivity contribution is -0.137. The van der Waals surface area contributed by atoms with E-state index in [0.29, 0.717) is 23.0 Å². The van der Waals surface area contributed by atoms with Crippen LogP contribution in [-0.4, -0.2) is 45.8 Å². The third-order valence-electron chi connectivity index (χ3n) is 5.81. The Kier molecular flexibility index (Phi) is 7.07. The SMILES string of the molecule is CCCCCC1CN(CC(=O)Nc2cccnc2)C(=O)C2=CC(c3ccc(Cl)cc3)NN21. The Morgan fingerprint density at radius 3 is 2.78 bits per heavy atom. The third-order valence-corrected chi connectivity index (χ3v) is 6.07. The number of carbonyl (C=O) groups is 2. The molecule has 2 aliphatic rings. The maximum Gasteiger partial charge on any atom is 0.271 e. The van der Waals surface area contributed by atoms with Gasteiger partial charge in [0.2, 0.25) is 5.91 Å². The molecule has 2 atom stereocenters. The van der Waals surface area contributed by atoms with Crippen LogP contribution >= 0.6 is 11.6 Å². The topological polar surface area (TPSA) is 77.6 Å². The minimum Gasteiger partial charge on any atom is -0.326 e. The third kappa shape index (κ3) is 5.11. The van der Waals surface area contributed by atoms with Crippen molar-refractivity contribution < 1.29 is 9.59 Å². The van der Waals surface area contributed by atoms with E-state index in [4.69, 9.17) is 11.6 Å². The summed E-state index contributed by atoms with van der Waals surface area (Å²) in [5.41, 5.74) is 5.75. The minimum atomic E-state index is -0.229. The fourth-order valence-electron chi connectivity index (χ4n) is 4.19. The number of carbonyl (C=O) groups excluding carboxylic acids is 2. The van der Waals surface area contributed by atoms with Crippen LogP contribution in [0.4, 0.5) is 5.69 Å². The first-order valence-corrected chi connectivity index (χ1v) is 11.4. The quantitative estimate of drug-likeness (QED) is 0.592. The molecule has 2 N–H and O–H groups in total. The first-order valence-electron chi connectivity index (χ1n) is 11.1. The molecule has 2 amide bonds. The standard InChI is InChI=1S/C24H28ClN5O2/c1-2-3-4-7-20-15-29(16-23(31)27-19-6-5-12-26-14-19)24(32)22-13-21(28-30(20)22)17-8-10-18(25)11-9-17/h5-6,8-14,20-21,28H,2-4,7,15-16H2,1H3,(H,27,31). The molecule has 7 nitrogen and oxygen atoms in total. The summed E-state index contributed by atoms with van der Waals surface area (Å²) >= 11 is 6.03. The number of benzene rings is 1. The van der Waals surface area contributed by atoms with Crippen molar-refractivity contribution >= 4 is 29.1 Å². The number of aromatic nitrogens is 1. The van der Waals surface area contributed by atoms with E-state index >= 15 is 0 Å². The van der Waals surface area contributed by atoms with Crippen molar-refractivity contribution in [1.29, 1.82) is 0 Å². The molecular formula is C24H28ClN5O2. The predicted molar refractivity (Wildman–Crippen MR) is 125 cm³/mol. The fraction of sp³-hybridized carbons (Fsp3) is 0.375. The summed E-state index contributed by atoms with van der Waals surface area (Å²) in [5.74, 6) is -0.366. The number of hydrogen-bond acceptors (Lipinski definition) is 5. The van der Waals surface area contributed by atoms with Gasteiger partial charge in [-0.05, 0) is 42.3 Å². The van der Waals surface area contributed by atoms with Crippen LogP contribution in [0.5, 0.6) is 0 Å². The molecule has 32 heavy (non-hydrogen) atoms. The van der Waals surface area contributed by atoms with Gasteiger partial charge >= 0.3 is 0 Å². The summed E-state index contributed by atoms with van der Waals surface area (Å²) in [6.45, 7) is 2.69. The number of nitrogens with zero attached hydrogens (tertiary/aromatic N) is 3. The molecule has 0 bridgehead atoms. The summed E-state index contributed by atoms with van der Waals surface area (Å²) in [6, 6.07) is 11.2. The molecular weight excluding hydrogens is 426 g/mol. The number of anilines is 1. The smallest absolute Gasteiger partial charge is 0.271 e. The van der Waals surface area contributed by atoms with E-state index in [1.54, 1.807) is 29.4 Å². The van der Waals surface area contributed by atoms with Gasteiger partial charge in [-0.15, -0.1) is 0 Å². The van der Waals surface area contributed by atoms with Crippen LogP contribution in [0.15, 0.2) is 60.6 Å². The van der Waals surface area contributed by atoms with Crippen LogP contribution < -0.4 is 10.7 Å². The van der Waals surface area contributed by atoms with Gasteiger partial charge in [-0.2, -0.15) is 0 Å². The van der Waals surface area contributed by atoms with E-state index in [2.05, 4.69) is 22.7 Å². The zero-order chi connectivity index (χ0) is 22.5. The number of amides is 2. The van der Waals surface area contributed by atoms with Crippen LogP contribution in [0.1, 0.15) is 44.2 Å². The molecule has 0 aliphatic carbocycles. The number of halogens is 1. The summed E-state index contributed by atoms with van der Waals surface area (Å²) in [5, 5.41) is 5.50. The van der Waals surface area contributed by atoms with Crippen LogP contribution in [-0.2, 0) is 9.59 Å². The number of pyridine rings is 1. The summed E-state index contributed by atoms with van der Waals surface area (Å²) in [6.07, 6.45) is 9.47. The van der Waals surface area contributed by atoms with Gasteiger partial charge in [0.1, 0.15) is 12.2 Å². The highest BCUT2D eigenvalue weighted by atomic mass is 35.5. The largest absolute Gasteiger partial charge is 0.326 e. The lowest BCUT2D eigenvalue weighted by Gasteiger charge is -2.41. The summed E-state index contributed by atoms with van der Waals surface area (Å²) < 4.78 is 0. The maximum absolute atomic E-state index is 13.3. The highest BCUT2D eigenvalue weighted by Crippen LogP contribution is 2.32. The Morgan fingerprint density at radius 2 is 2.06 bits per heavy atom. The molecule has 8 heteroatoms. The van der Waals surface area contributed by atoms with E-state index in [-0.39, 0.29) is 30.4 Å². The van der Waals surface area contributed by atoms with Gasteiger partial charge in [-0.1, -0.05) is 49.9 Å². The van der Waals surface area contributed by atoms with E-state index < -0.39 is 0 Å². The van der Waals surface area contributed by atoms with Crippen molar-refractivity contribution in [2.45, 2.75) is 44.7 Å². The number of hydrogen-bond donors (Lipinski definition) is 2. The molecule has 1 fully saturated rings. The van der Waals surface area contributed by atoms with Crippen LogP contribution in [0.2, 0.25) is 5.02 Å². The van der Waals surface area contributed by atoms with E-state index in [1.807, 2.05) is 35.4 Å². The van der Waals surface area contributed by atoms with Crippen molar-refractivity contribution in [3.8, 4) is 0 Å². The highest BCUT2D eigenvalue weighted by Gasteiger charge is 2.41. The maximum atomic E-state index is 13.3. The molecule has 2 unspecified atom stereocenters. The monoisotopic (exact) mass is 453 g/mol. The van der Waals surface area contributed by atoms with E-state index in [0.717, 1.165) is 31.2 Å². The van der Waals surface area contributed by atoms with Crippen molar-refractivity contribution in [1.82, 2.24) is 20.3 Å². The van der Waals surface area contributed by atoms with Crippen molar-refractivity contribution in [3.63, 3.8) is 0 Å². The lowest BCUT2D eigenvalue weighted by atomic mass is 10.0.